The van der Waals surface area contributed by atoms with Gasteiger partial charge in [-0.15, -0.1) is 0 Å². The molecule has 2 heterocycles. The summed E-state index contributed by atoms with van der Waals surface area (Å²) in [7, 11) is 1.45. The maximum absolute atomic E-state index is 13.6. The fourth-order valence-corrected chi connectivity index (χ4v) is 5.28. The van der Waals surface area contributed by atoms with Crippen molar-refractivity contribution in [2.75, 3.05) is 43.9 Å². The number of piperidine rings is 1. The highest BCUT2D eigenvalue weighted by Gasteiger charge is 2.30. The van der Waals surface area contributed by atoms with Crippen LogP contribution in [0.15, 0.2) is 42.5 Å². The van der Waals surface area contributed by atoms with Crippen molar-refractivity contribution >= 4 is 34.2 Å². The van der Waals surface area contributed by atoms with Crippen LogP contribution in [0.1, 0.15) is 35.8 Å². The number of carbonyl (C=O) groups excluding carboxylic acids is 2. The maximum atomic E-state index is 13.6. The number of nitrogens with one attached hydrogen (secondary N) is 3. The first-order valence-corrected chi connectivity index (χ1v) is 13.9. The summed E-state index contributed by atoms with van der Waals surface area (Å²) in [6.45, 7) is 3.17. The third-order valence-electron chi connectivity index (χ3n) is 7.22. The van der Waals surface area contributed by atoms with Gasteiger partial charge in [-0.05, 0) is 62.1 Å². The Morgan fingerprint density at radius 1 is 1.12 bits per heavy atom. The number of primary amides is 2. The van der Waals surface area contributed by atoms with Crippen molar-refractivity contribution in [2.24, 2.45) is 11.5 Å². The number of nitrogens with two attached hydrogens (primary N) is 2. The molecule has 13 heteroatoms. The summed E-state index contributed by atoms with van der Waals surface area (Å²) in [6.07, 6.45) is -2.76. The molecule has 0 spiro atoms. The highest BCUT2D eigenvalue weighted by atomic mass is 19.4. The van der Waals surface area contributed by atoms with Gasteiger partial charge in [-0.1, -0.05) is 12.0 Å². The summed E-state index contributed by atoms with van der Waals surface area (Å²) in [5, 5.41) is 9.94. The molecular formula is C30H36F3N7O3. The van der Waals surface area contributed by atoms with E-state index in [0.29, 0.717) is 28.9 Å². The van der Waals surface area contributed by atoms with Gasteiger partial charge in [0, 0.05) is 48.4 Å². The van der Waals surface area contributed by atoms with E-state index in [0.717, 1.165) is 31.6 Å². The fraction of sp³-hybridized carbons (Fsp3) is 0.400. The zero-order valence-corrected chi connectivity index (χ0v) is 24.1. The van der Waals surface area contributed by atoms with Gasteiger partial charge in [-0.3, -0.25) is 4.79 Å². The first-order chi connectivity index (χ1) is 20.4. The lowest BCUT2D eigenvalue weighted by atomic mass is 10.0. The number of hydrogen-bond acceptors (Lipinski definition) is 6. The van der Waals surface area contributed by atoms with Crippen LogP contribution in [0.5, 0.6) is 5.75 Å². The number of urea groups is 1. The van der Waals surface area contributed by atoms with Gasteiger partial charge in [-0.2, -0.15) is 13.2 Å². The lowest BCUT2D eigenvalue weighted by Gasteiger charge is -2.34. The number of alkyl halides is 3. The van der Waals surface area contributed by atoms with Crippen molar-refractivity contribution in [3.63, 3.8) is 0 Å². The number of hydrogen-bond donors (Lipinski definition) is 5. The number of methoxy groups -OCH3 is 1. The van der Waals surface area contributed by atoms with Crippen LogP contribution in [-0.4, -0.2) is 73.0 Å². The minimum atomic E-state index is -4.44. The van der Waals surface area contributed by atoms with E-state index in [1.165, 1.54) is 17.7 Å². The van der Waals surface area contributed by atoms with Gasteiger partial charge in [0.1, 0.15) is 12.3 Å². The first-order valence-electron chi connectivity index (χ1n) is 13.9. The van der Waals surface area contributed by atoms with E-state index in [9.17, 15) is 22.8 Å². The van der Waals surface area contributed by atoms with E-state index in [4.69, 9.17) is 16.2 Å². The predicted octanol–water partition coefficient (Wildman–Crippen LogP) is 3.71. The second-order valence-electron chi connectivity index (χ2n) is 10.5. The Bertz CT molecular complexity index is 1520. The minimum Gasteiger partial charge on any atom is -0.495 e. The van der Waals surface area contributed by atoms with E-state index in [1.807, 2.05) is 13.0 Å². The van der Waals surface area contributed by atoms with E-state index in [-0.39, 0.29) is 29.9 Å². The maximum Gasteiger partial charge on any atom is 0.406 e. The molecule has 0 aliphatic carbocycles. The first kappa shape index (κ1) is 31.4. The van der Waals surface area contributed by atoms with Crippen LogP contribution in [0.25, 0.3) is 10.9 Å². The molecule has 0 bridgehead atoms. The largest absolute Gasteiger partial charge is 0.495 e. The monoisotopic (exact) mass is 599 g/mol. The summed E-state index contributed by atoms with van der Waals surface area (Å²) in [4.78, 5) is 24.8. The molecule has 1 atom stereocenters. The van der Waals surface area contributed by atoms with E-state index in [1.54, 1.807) is 30.3 Å². The van der Waals surface area contributed by atoms with Crippen molar-refractivity contribution in [2.45, 2.75) is 44.6 Å². The standard InChI is InChI=1S/C30H36F3N7O3/c1-19(37-29(35)42)17-39-13-10-21(11-14-39)38-24-6-3-7-26-23(24)16-22(40(26)18-30(31,32)33)5-4-12-36-25-9-8-20(28(34)41)15-27(25)43-2/h3,6-9,15-16,19,21,36,38H,10-14,17-18H2,1-2H3,(H2,34,41)(H3,35,37,42). The van der Waals surface area contributed by atoms with Gasteiger partial charge in [0.15, 0.2) is 0 Å². The molecule has 1 aliphatic heterocycles. The van der Waals surface area contributed by atoms with E-state index >= 15 is 0 Å². The Hall–Kier alpha value is -4.57. The average Bonchev–Trinajstić information content (AvgIpc) is 3.28. The number of fused-ring (bicyclic) bond motifs is 1. The summed E-state index contributed by atoms with van der Waals surface area (Å²) >= 11 is 0. The summed E-state index contributed by atoms with van der Waals surface area (Å²) < 4.78 is 47.3. The normalized spacial score (nSPS) is 14.9. The van der Waals surface area contributed by atoms with Crippen LogP contribution in [0.2, 0.25) is 0 Å². The number of aromatic nitrogens is 1. The number of amides is 3. The molecule has 0 saturated carbocycles. The third-order valence-corrected chi connectivity index (χ3v) is 7.22. The molecule has 3 aromatic rings. The van der Waals surface area contributed by atoms with Crippen molar-refractivity contribution in [3.8, 4) is 17.6 Å². The highest BCUT2D eigenvalue weighted by molar-refractivity contribution is 5.94. The smallest absolute Gasteiger partial charge is 0.406 e. The summed E-state index contributed by atoms with van der Waals surface area (Å²) in [5.41, 5.74) is 12.8. The van der Waals surface area contributed by atoms with Crippen molar-refractivity contribution in [3.05, 3.63) is 53.7 Å². The SMILES string of the molecule is COc1cc(C(N)=O)ccc1NCC#Cc1cc2c(NC3CCN(CC(C)NC(N)=O)CC3)cccc2n1CC(F)(F)F. The molecule has 1 saturated heterocycles. The van der Waals surface area contributed by atoms with E-state index < -0.39 is 24.7 Å². The Labute approximate surface area is 247 Å². The second-order valence-corrected chi connectivity index (χ2v) is 10.5. The number of ether oxygens (including phenoxy) is 1. The van der Waals surface area contributed by atoms with Crippen LogP contribution in [0.3, 0.4) is 0 Å². The molecule has 1 unspecified atom stereocenters. The molecule has 1 aromatic heterocycles. The number of likely N-dealkylation sites (tertiary alicyclic amines) is 1. The third kappa shape index (κ3) is 8.48. The molecule has 43 heavy (non-hydrogen) atoms. The van der Waals surface area contributed by atoms with Crippen LogP contribution in [-0.2, 0) is 6.54 Å². The number of halogens is 3. The van der Waals surface area contributed by atoms with Crippen LogP contribution in [0, 0.1) is 11.8 Å². The van der Waals surface area contributed by atoms with Crippen molar-refractivity contribution in [1.29, 1.82) is 0 Å². The predicted molar refractivity (Wildman–Crippen MR) is 160 cm³/mol. The fourth-order valence-electron chi connectivity index (χ4n) is 5.28. The Balaban J connectivity index is 1.50. The van der Waals surface area contributed by atoms with Crippen molar-refractivity contribution in [1.82, 2.24) is 14.8 Å². The van der Waals surface area contributed by atoms with Crippen molar-refractivity contribution < 1.29 is 27.5 Å². The second kappa shape index (κ2) is 13.6. The van der Waals surface area contributed by atoms with Crippen LogP contribution >= 0.6 is 0 Å². The number of rotatable bonds is 10. The average molecular weight is 600 g/mol. The molecular weight excluding hydrogens is 563 g/mol. The zero-order chi connectivity index (χ0) is 31.1. The lowest BCUT2D eigenvalue weighted by Crippen LogP contribution is -2.47. The molecule has 1 fully saturated rings. The minimum absolute atomic E-state index is 0.0664. The molecule has 230 valence electrons. The van der Waals surface area contributed by atoms with Gasteiger partial charge in [-0.25, -0.2) is 4.79 Å². The van der Waals surface area contributed by atoms with Gasteiger partial charge < -0.3 is 41.6 Å². The number of carbonyl (C=O) groups is 2. The molecule has 3 amide bonds. The van der Waals surface area contributed by atoms with Crippen LogP contribution < -0.4 is 32.2 Å². The molecule has 2 aromatic carbocycles. The zero-order valence-electron chi connectivity index (χ0n) is 24.1. The number of benzene rings is 2. The molecule has 4 rings (SSSR count). The molecule has 0 radical (unpaired) electrons. The number of nitrogens with zero attached hydrogens (tertiary/aromatic N) is 2. The Morgan fingerprint density at radius 2 is 1.86 bits per heavy atom. The van der Waals surface area contributed by atoms with Crippen LogP contribution in [0.4, 0.5) is 29.3 Å². The Morgan fingerprint density at radius 3 is 2.51 bits per heavy atom. The van der Waals surface area contributed by atoms with Gasteiger partial charge in [0.25, 0.3) is 0 Å². The lowest BCUT2D eigenvalue weighted by molar-refractivity contribution is -0.140. The summed E-state index contributed by atoms with van der Waals surface area (Å²) in [6, 6.07) is 11.2. The quantitative estimate of drug-likeness (QED) is 0.225. The number of anilines is 2. The topological polar surface area (TPSA) is 140 Å². The van der Waals surface area contributed by atoms with Gasteiger partial charge >= 0.3 is 12.2 Å². The molecule has 7 N–H and O–H groups in total. The molecule has 10 nitrogen and oxygen atoms in total. The van der Waals surface area contributed by atoms with Gasteiger partial charge in [0.2, 0.25) is 5.91 Å². The highest BCUT2D eigenvalue weighted by Crippen LogP contribution is 2.31. The summed E-state index contributed by atoms with van der Waals surface area (Å²) in [5.74, 6) is 5.60. The van der Waals surface area contributed by atoms with E-state index in [2.05, 4.69) is 32.7 Å². The Kier molecular flexibility index (Phi) is 9.92. The van der Waals surface area contributed by atoms with Gasteiger partial charge in [0.05, 0.1) is 30.6 Å². The molecule has 1 aliphatic rings.